The molecule has 0 bridgehead atoms. The smallest absolute Gasteiger partial charge is 0.276 e. The second kappa shape index (κ2) is 9.62. The lowest BCUT2D eigenvalue weighted by molar-refractivity contribution is 0.0614. The number of alkyl halides is 2. The lowest BCUT2D eigenvalue weighted by atomic mass is 9.71. The molecule has 1 aliphatic heterocycles. The number of rotatable bonds is 6. The molecule has 1 aliphatic rings. The number of hydrogen-bond donors (Lipinski definition) is 0. The Morgan fingerprint density at radius 2 is 2.00 bits per heavy atom. The summed E-state index contributed by atoms with van der Waals surface area (Å²) in [6, 6.07) is 9.02. The molecule has 198 valence electrons. The fraction of sp³-hybridized carbons (Fsp3) is 0.296. The molecule has 0 radical (unpaired) electrons. The third kappa shape index (κ3) is 4.52. The van der Waals surface area contributed by atoms with Gasteiger partial charge in [0.15, 0.2) is 11.5 Å². The molecule has 7 nitrogen and oxygen atoms in total. The van der Waals surface area contributed by atoms with Crippen LogP contribution in [-0.2, 0) is 12.5 Å². The second-order valence-electron chi connectivity index (χ2n) is 9.50. The van der Waals surface area contributed by atoms with Gasteiger partial charge in [-0.15, -0.1) is 0 Å². The number of amides is 1. The molecule has 2 aromatic carbocycles. The fourth-order valence-corrected chi connectivity index (χ4v) is 4.90. The number of hydrogen-bond acceptors (Lipinski definition) is 5. The minimum Gasteiger partial charge on any atom is -0.488 e. The first-order valence-electron chi connectivity index (χ1n) is 11.8. The van der Waals surface area contributed by atoms with Crippen molar-refractivity contribution in [3.8, 4) is 17.1 Å². The molecule has 4 aromatic rings. The van der Waals surface area contributed by atoms with Crippen molar-refractivity contribution in [2.45, 2.75) is 31.7 Å². The highest BCUT2D eigenvalue weighted by atomic mass is 19.3. The molecule has 1 amide bonds. The Bertz CT molecular complexity index is 1500. The molecular weight excluding hydrogens is 504 g/mol. The molecule has 0 aliphatic carbocycles. The topological polar surface area (TPSA) is 73.4 Å². The van der Waals surface area contributed by atoms with Gasteiger partial charge in [0.2, 0.25) is 0 Å². The predicted octanol–water partition coefficient (Wildman–Crippen LogP) is 5.52. The van der Waals surface area contributed by atoms with Crippen LogP contribution in [0.15, 0.2) is 59.4 Å². The van der Waals surface area contributed by atoms with Crippen LogP contribution in [0.1, 0.15) is 47.1 Å². The number of carbonyl (C=O) groups excluding carboxylic acids is 1. The van der Waals surface area contributed by atoms with Crippen molar-refractivity contribution < 1.29 is 31.6 Å². The number of benzene rings is 2. The monoisotopic (exact) mass is 528 g/mol. The number of fused-ring (bicyclic) bond motifs is 1. The van der Waals surface area contributed by atoms with E-state index in [1.165, 1.54) is 12.1 Å². The molecule has 0 saturated carbocycles. The molecule has 11 heteroatoms. The average molecular weight is 529 g/mol. The van der Waals surface area contributed by atoms with Crippen LogP contribution in [0.4, 0.5) is 17.6 Å². The summed E-state index contributed by atoms with van der Waals surface area (Å²) in [5.41, 5.74) is 1.60. The number of carbonyl (C=O) groups is 1. The normalized spacial score (nSPS) is 19.1. The van der Waals surface area contributed by atoms with Gasteiger partial charge < -0.3 is 14.2 Å². The van der Waals surface area contributed by atoms with Gasteiger partial charge >= 0.3 is 0 Å². The van der Waals surface area contributed by atoms with E-state index in [9.17, 15) is 22.4 Å². The van der Waals surface area contributed by atoms with Crippen LogP contribution < -0.4 is 4.74 Å². The van der Waals surface area contributed by atoms with Gasteiger partial charge in [0.25, 0.3) is 12.3 Å². The van der Waals surface area contributed by atoms with Crippen LogP contribution >= 0.6 is 0 Å². The summed E-state index contributed by atoms with van der Waals surface area (Å²) in [5, 5.41) is 8.15. The summed E-state index contributed by atoms with van der Waals surface area (Å²) in [5.74, 6) is -1.73. The molecule has 3 heterocycles. The summed E-state index contributed by atoms with van der Waals surface area (Å²) in [6.45, 7) is 3.26. The van der Waals surface area contributed by atoms with Crippen molar-refractivity contribution in [2.24, 2.45) is 7.05 Å². The van der Waals surface area contributed by atoms with Crippen molar-refractivity contribution in [3.63, 3.8) is 0 Å². The highest BCUT2D eigenvalue weighted by molar-refractivity contribution is 5.94. The van der Waals surface area contributed by atoms with E-state index >= 15 is 0 Å². The van der Waals surface area contributed by atoms with E-state index in [1.807, 2.05) is 20.0 Å². The van der Waals surface area contributed by atoms with Crippen LogP contribution in [0.2, 0.25) is 0 Å². The van der Waals surface area contributed by atoms with Gasteiger partial charge in [-0.25, -0.2) is 17.6 Å². The Morgan fingerprint density at radius 3 is 2.68 bits per heavy atom. The highest BCUT2D eigenvalue weighted by Crippen LogP contribution is 2.45. The van der Waals surface area contributed by atoms with E-state index in [2.05, 4.69) is 10.3 Å². The number of aryl methyl sites for hydroxylation is 1. The Morgan fingerprint density at radius 1 is 1.21 bits per heavy atom. The Balaban J connectivity index is 1.53. The van der Waals surface area contributed by atoms with Crippen LogP contribution in [-0.4, -0.2) is 45.3 Å². The summed E-state index contributed by atoms with van der Waals surface area (Å²) >= 11 is 0. The molecule has 5 rings (SSSR count). The van der Waals surface area contributed by atoms with Crippen LogP contribution in [0.3, 0.4) is 0 Å². The van der Waals surface area contributed by atoms with E-state index in [0.717, 1.165) is 28.8 Å². The lowest BCUT2D eigenvalue weighted by Crippen LogP contribution is -2.49. The summed E-state index contributed by atoms with van der Waals surface area (Å²) < 4.78 is 65.3. The van der Waals surface area contributed by atoms with Gasteiger partial charge in [-0.3, -0.25) is 9.48 Å². The SMILES string of the molecule is CC1c2ccc(OCC(F)F)cc2C(C)(c2cnn(C)c2)CN1C(=O)c1cc(-c2ccc(F)cc2F)on1. The van der Waals surface area contributed by atoms with Crippen molar-refractivity contribution in [1.29, 1.82) is 0 Å². The van der Waals surface area contributed by atoms with Crippen molar-refractivity contribution in [3.05, 3.63) is 88.9 Å². The zero-order chi connectivity index (χ0) is 27.2. The highest BCUT2D eigenvalue weighted by Gasteiger charge is 2.44. The molecule has 2 aromatic heterocycles. The standard InChI is InChI=1S/C27H24F4N4O3/c1-15-19-7-5-18(37-13-25(30)31)9-21(19)27(2,16-11-32-34(3)12-16)14-35(15)26(36)23-10-24(38-33-23)20-6-4-17(28)8-22(20)29/h4-12,15,25H,13-14H2,1-3H3. The predicted molar refractivity (Wildman–Crippen MR) is 129 cm³/mol. The van der Waals surface area contributed by atoms with E-state index in [4.69, 9.17) is 9.26 Å². The zero-order valence-electron chi connectivity index (χ0n) is 20.8. The van der Waals surface area contributed by atoms with Crippen LogP contribution in [0.25, 0.3) is 11.3 Å². The molecule has 38 heavy (non-hydrogen) atoms. The molecule has 2 atom stereocenters. The van der Waals surface area contributed by atoms with Gasteiger partial charge in [-0.1, -0.05) is 11.2 Å². The largest absolute Gasteiger partial charge is 0.488 e. The number of aromatic nitrogens is 3. The Hall–Kier alpha value is -4.15. The lowest BCUT2D eigenvalue weighted by Gasteiger charge is -2.45. The summed E-state index contributed by atoms with van der Waals surface area (Å²) in [4.78, 5) is 15.3. The van der Waals surface area contributed by atoms with Crippen LogP contribution in [0, 0.1) is 11.6 Å². The quantitative estimate of drug-likeness (QED) is 0.308. The fourth-order valence-electron chi connectivity index (χ4n) is 4.90. The van der Waals surface area contributed by atoms with Crippen LogP contribution in [0.5, 0.6) is 5.75 Å². The first-order valence-corrected chi connectivity index (χ1v) is 11.8. The van der Waals surface area contributed by atoms with Crippen molar-refractivity contribution in [1.82, 2.24) is 19.8 Å². The molecule has 0 spiro atoms. The Kier molecular flexibility index (Phi) is 6.46. The Labute approximate surface area is 215 Å². The molecule has 0 N–H and O–H groups in total. The minimum atomic E-state index is -2.61. The van der Waals surface area contributed by atoms with Gasteiger partial charge in [0.1, 0.15) is 24.0 Å². The van der Waals surface area contributed by atoms with Gasteiger partial charge in [-0.2, -0.15) is 5.10 Å². The van der Waals surface area contributed by atoms with E-state index < -0.39 is 42.0 Å². The third-order valence-corrected chi connectivity index (χ3v) is 6.93. The minimum absolute atomic E-state index is 0.00763. The zero-order valence-corrected chi connectivity index (χ0v) is 20.8. The van der Waals surface area contributed by atoms with E-state index in [-0.39, 0.29) is 23.6 Å². The number of ether oxygens (including phenoxy) is 1. The van der Waals surface area contributed by atoms with Gasteiger partial charge in [-0.05, 0) is 49.2 Å². The maximum absolute atomic E-state index is 14.3. The maximum atomic E-state index is 14.3. The molecule has 0 saturated heterocycles. The summed E-state index contributed by atoms with van der Waals surface area (Å²) in [7, 11) is 1.77. The van der Waals surface area contributed by atoms with Gasteiger partial charge in [0.05, 0.1) is 17.8 Å². The molecule has 0 fully saturated rings. The molecular formula is C27H24F4N4O3. The third-order valence-electron chi connectivity index (χ3n) is 6.93. The van der Waals surface area contributed by atoms with E-state index in [1.54, 1.807) is 41.0 Å². The molecule has 2 unspecified atom stereocenters. The van der Waals surface area contributed by atoms with Gasteiger partial charge in [0, 0.05) is 42.9 Å². The average Bonchev–Trinajstić information content (AvgIpc) is 3.54. The number of halogens is 4. The first kappa shape index (κ1) is 25.5. The van der Waals surface area contributed by atoms with Crippen molar-refractivity contribution in [2.75, 3.05) is 13.2 Å². The second-order valence-corrected chi connectivity index (χ2v) is 9.50. The van der Waals surface area contributed by atoms with E-state index in [0.29, 0.717) is 5.75 Å². The maximum Gasteiger partial charge on any atom is 0.276 e. The summed E-state index contributed by atoms with van der Waals surface area (Å²) in [6.07, 6.45) is 0.917. The first-order chi connectivity index (χ1) is 18.1. The number of nitrogens with zero attached hydrogens (tertiary/aromatic N) is 4. The van der Waals surface area contributed by atoms with Crippen molar-refractivity contribution >= 4 is 5.91 Å².